The van der Waals surface area contributed by atoms with Crippen LogP contribution >= 0.6 is 11.6 Å². The third-order valence-electron chi connectivity index (χ3n) is 2.82. The van der Waals surface area contributed by atoms with Gasteiger partial charge >= 0.3 is 5.97 Å². The van der Waals surface area contributed by atoms with E-state index in [1.54, 1.807) is 22.9 Å². The number of aryl methyl sites for hydroxylation is 1. The number of benzene rings is 1. The van der Waals surface area contributed by atoms with Crippen LogP contribution in [0.25, 0.3) is 10.9 Å². The molecule has 0 aliphatic rings. The Morgan fingerprint density at radius 3 is 2.79 bits per heavy atom. The fourth-order valence-electron chi connectivity index (χ4n) is 1.95. The van der Waals surface area contributed by atoms with Gasteiger partial charge in [-0.2, -0.15) is 0 Å². The number of hydrogen-bond donors (Lipinski definition) is 1. The molecule has 0 saturated heterocycles. The van der Waals surface area contributed by atoms with Crippen LogP contribution in [0.5, 0.6) is 5.75 Å². The summed E-state index contributed by atoms with van der Waals surface area (Å²) in [6, 6.07) is 4.62. The molecule has 19 heavy (non-hydrogen) atoms. The van der Waals surface area contributed by atoms with Crippen molar-refractivity contribution in [3.05, 3.63) is 39.6 Å². The molecule has 0 unspecified atom stereocenters. The molecule has 6 heteroatoms. The summed E-state index contributed by atoms with van der Waals surface area (Å²) in [4.78, 5) is 22.6. The topological polar surface area (TPSA) is 68.5 Å². The average molecular weight is 282 g/mol. The van der Waals surface area contributed by atoms with Crippen LogP contribution in [0.3, 0.4) is 0 Å². The van der Waals surface area contributed by atoms with Gasteiger partial charge in [0.05, 0.1) is 29.5 Å². The number of nitrogens with zero attached hydrogens (tertiary/aromatic N) is 1. The molecular weight excluding hydrogens is 270 g/mol. The van der Waals surface area contributed by atoms with Crippen LogP contribution in [0.2, 0.25) is 5.02 Å². The highest BCUT2D eigenvalue weighted by Gasteiger charge is 2.12. The van der Waals surface area contributed by atoms with E-state index in [4.69, 9.17) is 21.4 Å². The van der Waals surface area contributed by atoms with Gasteiger partial charge in [-0.15, -0.1) is 0 Å². The lowest BCUT2D eigenvalue weighted by molar-refractivity contribution is -0.137. The second kappa shape index (κ2) is 5.32. The maximum Gasteiger partial charge on any atom is 0.305 e. The number of carboxylic acid groups (broad SMARTS) is 1. The molecule has 0 bridgehead atoms. The van der Waals surface area contributed by atoms with Gasteiger partial charge in [0.25, 0.3) is 0 Å². The monoisotopic (exact) mass is 281 g/mol. The standard InChI is InChI=1S/C13H12ClNO4/c1-19-10-3-2-8(14)13-12(10)9(16)4-6-15(13)7-5-11(17)18/h2-4,6H,5,7H2,1H3,(H,17,18). The summed E-state index contributed by atoms with van der Waals surface area (Å²) in [6.45, 7) is 0.235. The molecule has 0 aliphatic heterocycles. The van der Waals surface area contributed by atoms with Gasteiger partial charge in [0, 0.05) is 18.8 Å². The average Bonchev–Trinajstić information content (AvgIpc) is 2.38. The van der Waals surface area contributed by atoms with Crippen LogP contribution < -0.4 is 10.2 Å². The van der Waals surface area contributed by atoms with Crippen molar-refractivity contribution in [3.63, 3.8) is 0 Å². The molecular formula is C13H12ClNO4. The van der Waals surface area contributed by atoms with Crippen molar-refractivity contribution in [1.29, 1.82) is 0 Å². The second-order valence-electron chi connectivity index (χ2n) is 3.99. The van der Waals surface area contributed by atoms with Crippen molar-refractivity contribution >= 4 is 28.5 Å². The van der Waals surface area contributed by atoms with Gasteiger partial charge in [-0.05, 0) is 12.1 Å². The zero-order chi connectivity index (χ0) is 14.0. The predicted molar refractivity (Wildman–Crippen MR) is 72.0 cm³/mol. The van der Waals surface area contributed by atoms with Crippen molar-refractivity contribution < 1.29 is 14.6 Å². The first-order valence-corrected chi connectivity index (χ1v) is 6.00. The molecule has 1 N–H and O–H groups in total. The minimum Gasteiger partial charge on any atom is -0.496 e. The van der Waals surface area contributed by atoms with Crippen molar-refractivity contribution in [3.8, 4) is 5.75 Å². The van der Waals surface area contributed by atoms with Crippen molar-refractivity contribution in [2.24, 2.45) is 0 Å². The number of rotatable bonds is 4. The summed E-state index contributed by atoms with van der Waals surface area (Å²) in [6.07, 6.45) is 1.49. The lowest BCUT2D eigenvalue weighted by atomic mass is 10.2. The number of fused-ring (bicyclic) bond motifs is 1. The molecule has 1 heterocycles. The summed E-state index contributed by atoms with van der Waals surface area (Å²) in [5.74, 6) is -0.486. The first kappa shape index (κ1) is 13.4. The Balaban J connectivity index is 2.70. The van der Waals surface area contributed by atoms with Gasteiger partial charge < -0.3 is 14.4 Å². The van der Waals surface area contributed by atoms with E-state index in [0.717, 1.165) is 0 Å². The molecule has 5 nitrogen and oxygen atoms in total. The lowest BCUT2D eigenvalue weighted by Crippen LogP contribution is -2.11. The van der Waals surface area contributed by atoms with E-state index in [-0.39, 0.29) is 18.4 Å². The number of halogens is 1. The molecule has 0 atom stereocenters. The smallest absolute Gasteiger partial charge is 0.305 e. The molecule has 2 rings (SSSR count). The minimum absolute atomic E-state index is 0.0501. The molecule has 1 aromatic carbocycles. The lowest BCUT2D eigenvalue weighted by Gasteiger charge is -2.13. The van der Waals surface area contributed by atoms with E-state index in [1.807, 2.05) is 0 Å². The number of ether oxygens (including phenoxy) is 1. The first-order valence-electron chi connectivity index (χ1n) is 5.62. The Kier molecular flexibility index (Phi) is 3.76. The van der Waals surface area contributed by atoms with Crippen LogP contribution in [-0.2, 0) is 11.3 Å². The third-order valence-corrected chi connectivity index (χ3v) is 3.12. The van der Waals surface area contributed by atoms with Crippen LogP contribution in [-0.4, -0.2) is 22.8 Å². The number of carboxylic acids is 1. The van der Waals surface area contributed by atoms with Gasteiger partial charge in [0.1, 0.15) is 5.75 Å². The van der Waals surface area contributed by atoms with Crippen LogP contribution in [0.15, 0.2) is 29.2 Å². The molecule has 0 spiro atoms. The molecule has 0 amide bonds. The molecule has 0 fully saturated rings. The van der Waals surface area contributed by atoms with Gasteiger partial charge in [0.2, 0.25) is 0 Å². The van der Waals surface area contributed by atoms with Crippen LogP contribution in [0.4, 0.5) is 0 Å². The molecule has 1 aromatic heterocycles. The zero-order valence-electron chi connectivity index (χ0n) is 10.2. The summed E-state index contributed by atoms with van der Waals surface area (Å²) in [5, 5.41) is 9.49. The highest BCUT2D eigenvalue weighted by Crippen LogP contribution is 2.28. The van der Waals surface area contributed by atoms with E-state index < -0.39 is 5.97 Å². The van der Waals surface area contributed by atoms with Gasteiger partial charge in [-0.25, -0.2) is 0 Å². The highest BCUT2D eigenvalue weighted by atomic mass is 35.5. The summed E-state index contributed by atoms with van der Waals surface area (Å²) in [7, 11) is 1.47. The largest absolute Gasteiger partial charge is 0.496 e. The summed E-state index contributed by atoms with van der Waals surface area (Å²) in [5.41, 5.74) is 0.288. The SMILES string of the molecule is COc1ccc(Cl)c2c1c(=O)ccn2CCC(=O)O. The van der Waals surface area contributed by atoms with Gasteiger partial charge in [-0.1, -0.05) is 11.6 Å². The number of aliphatic carboxylic acids is 1. The van der Waals surface area contributed by atoms with E-state index in [1.165, 1.54) is 13.2 Å². The quantitative estimate of drug-likeness (QED) is 0.932. The third kappa shape index (κ3) is 2.56. The number of carbonyl (C=O) groups is 1. The first-order chi connectivity index (χ1) is 9.04. The fraction of sp³-hybridized carbons (Fsp3) is 0.231. The maximum atomic E-state index is 11.9. The van der Waals surface area contributed by atoms with Gasteiger partial charge in [-0.3, -0.25) is 9.59 Å². The van der Waals surface area contributed by atoms with E-state index in [2.05, 4.69) is 0 Å². The normalized spacial score (nSPS) is 10.6. The van der Waals surface area contributed by atoms with Crippen molar-refractivity contribution in [2.45, 2.75) is 13.0 Å². The molecule has 0 saturated carbocycles. The summed E-state index contributed by atoms with van der Waals surface area (Å²) < 4.78 is 6.80. The Hall–Kier alpha value is -2.01. The highest BCUT2D eigenvalue weighted by molar-refractivity contribution is 6.35. The Morgan fingerprint density at radius 2 is 2.16 bits per heavy atom. The second-order valence-corrected chi connectivity index (χ2v) is 4.40. The number of aromatic nitrogens is 1. The molecule has 0 aliphatic carbocycles. The van der Waals surface area contributed by atoms with E-state index >= 15 is 0 Å². The number of pyridine rings is 1. The number of hydrogen-bond acceptors (Lipinski definition) is 3. The van der Waals surface area contributed by atoms with Crippen LogP contribution in [0.1, 0.15) is 6.42 Å². The Bertz CT molecular complexity index is 693. The fourth-order valence-corrected chi connectivity index (χ4v) is 2.22. The Labute approximate surface area is 114 Å². The Morgan fingerprint density at radius 1 is 1.42 bits per heavy atom. The predicted octanol–water partition coefficient (Wildman–Crippen LogP) is 2.14. The maximum absolute atomic E-state index is 11.9. The van der Waals surface area contributed by atoms with Crippen LogP contribution in [0, 0.1) is 0 Å². The van der Waals surface area contributed by atoms with Crippen molar-refractivity contribution in [1.82, 2.24) is 4.57 Å². The molecule has 2 aromatic rings. The zero-order valence-corrected chi connectivity index (χ0v) is 11.0. The van der Waals surface area contributed by atoms with Crippen molar-refractivity contribution in [2.75, 3.05) is 7.11 Å². The molecule has 0 radical (unpaired) electrons. The van der Waals surface area contributed by atoms with E-state index in [9.17, 15) is 9.59 Å². The minimum atomic E-state index is -0.911. The molecule has 100 valence electrons. The van der Waals surface area contributed by atoms with E-state index in [0.29, 0.717) is 21.7 Å². The van der Waals surface area contributed by atoms with Gasteiger partial charge in [0.15, 0.2) is 5.43 Å². The summed E-state index contributed by atoms with van der Waals surface area (Å²) >= 11 is 6.12. The number of methoxy groups -OCH3 is 1.